The number of nitrogens with zero attached hydrogens (tertiary/aromatic N) is 5. The zero-order valence-electron chi connectivity index (χ0n) is 17.3. The second kappa shape index (κ2) is 9.94. The van der Waals surface area contributed by atoms with E-state index in [9.17, 15) is 4.79 Å². The quantitative estimate of drug-likeness (QED) is 0.273. The van der Waals surface area contributed by atoms with Crippen LogP contribution < -0.4 is 15.7 Å². The van der Waals surface area contributed by atoms with Crippen LogP contribution in [-0.2, 0) is 9.53 Å². The Bertz CT molecular complexity index is 1040. The fourth-order valence-electron chi connectivity index (χ4n) is 3.31. The molecule has 4 heterocycles. The number of amides is 1. The zero-order chi connectivity index (χ0) is 21.6. The monoisotopic (exact) mass is 443 g/mol. The Kier molecular flexibility index (Phi) is 6.85. The third-order valence-corrected chi connectivity index (χ3v) is 6.04. The smallest absolute Gasteiger partial charge is 0.243 e. The van der Waals surface area contributed by atoms with E-state index >= 15 is 0 Å². The lowest BCUT2D eigenvalue weighted by Crippen LogP contribution is -2.36. The molecule has 0 radical (unpaired) electrons. The van der Waals surface area contributed by atoms with E-state index in [2.05, 4.69) is 20.2 Å². The molecule has 3 aromatic rings. The minimum atomic E-state index is -0.361. The third-order valence-electron chi connectivity index (χ3n) is 4.96. The summed E-state index contributed by atoms with van der Waals surface area (Å²) in [5.74, 6) is 1.85. The second-order valence-electron chi connectivity index (χ2n) is 7.23. The first-order chi connectivity index (χ1) is 15.1. The SMILES string of the molecule is Cc1ncc(-c2nc(N3CCOCC3)c3sc(NCCCCC(=O)NO)cc3n2)cn1. The number of thiophene rings is 1. The van der Waals surface area contributed by atoms with Crippen molar-refractivity contribution in [1.82, 2.24) is 25.4 Å². The van der Waals surface area contributed by atoms with E-state index in [1.165, 1.54) is 0 Å². The number of ether oxygens (including phenoxy) is 1. The zero-order valence-corrected chi connectivity index (χ0v) is 18.1. The second-order valence-corrected chi connectivity index (χ2v) is 8.29. The van der Waals surface area contributed by atoms with Gasteiger partial charge in [0.2, 0.25) is 5.91 Å². The molecule has 0 saturated carbocycles. The first kappa shape index (κ1) is 21.3. The average molecular weight is 444 g/mol. The summed E-state index contributed by atoms with van der Waals surface area (Å²) in [6.45, 7) is 5.48. The number of hydrogen-bond acceptors (Lipinski definition) is 10. The molecular formula is C20H25N7O3S. The summed E-state index contributed by atoms with van der Waals surface area (Å²) < 4.78 is 6.54. The Balaban J connectivity index is 1.57. The summed E-state index contributed by atoms with van der Waals surface area (Å²) in [6, 6.07) is 2.03. The van der Waals surface area contributed by atoms with Gasteiger partial charge in [0.25, 0.3) is 0 Å². The lowest BCUT2D eigenvalue weighted by molar-refractivity contribution is -0.129. The Morgan fingerprint density at radius 3 is 2.74 bits per heavy atom. The van der Waals surface area contributed by atoms with E-state index in [1.807, 2.05) is 13.0 Å². The largest absolute Gasteiger partial charge is 0.378 e. The maximum Gasteiger partial charge on any atom is 0.243 e. The number of aryl methyl sites for hydroxylation is 1. The summed E-state index contributed by atoms with van der Waals surface area (Å²) >= 11 is 1.62. The van der Waals surface area contributed by atoms with E-state index in [4.69, 9.17) is 19.9 Å². The number of anilines is 2. The van der Waals surface area contributed by atoms with Crippen LogP contribution in [0.3, 0.4) is 0 Å². The Morgan fingerprint density at radius 1 is 1.23 bits per heavy atom. The van der Waals surface area contributed by atoms with E-state index < -0.39 is 0 Å². The van der Waals surface area contributed by atoms with Gasteiger partial charge < -0.3 is 15.0 Å². The molecule has 3 aromatic heterocycles. The molecule has 0 unspecified atom stereocenters. The number of morpholine rings is 1. The van der Waals surface area contributed by atoms with Crippen molar-refractivity contribution in [3.63, 3.8) is 0 Å². The molecule has 1 aliphatic heterocycles. The summed E-state index contributed by atoms with van der Waals surface area (Å²) in [5, 5.41) is 13.0. The number of nitrogens with one attached hydrogen (secondary N) is 2. The number of fused-ring (bicyclic) bond motifs is 1. The number of carbonyl (C=O) groups excluding carboxylic acids is 1. The predicted octanol–water partition coefficient (Wildman–Crippen LogP) is 2.38. The lowest BCUT2D eigenvalue weighted by Gasteiger charge is -2.28. The molecule has 164 valence electrons. The summed E-state index contributed by atoms with van der Waals surface area (Å²) in [6.07, 6.45) is 5.32. The minimum Gasteiger partial charge on any atom is -0.378 e. The van der Waals surface area contributed by atoms with Crippen LogP contribution in [0.1, 0.15) is 25.1 Å². The fraction of sp³-hybridized carbons (Fsp3) is 0.450. The van der Waals surface area contributed by atoms with E-state index in [-0.39, 0.29) is 5.91 Å². The Morgan fingerprint density at radius 2 is 2.00 bits per heavy atom. The van der Waals surface area contributed by atoms with Crippen molar-refractivity contribution >= 4 is 38.3 Å². The molecule has 0 aliphatic carbocycles. The molecule has 10 nitrogen and oxygen atoms in total. The summed E-state index contributed by atoms with van der Waals surface area (Å²) in [5.41, 5.74) is 3.31. The van der Waals surface area contributed by atoms with Gasteiger partial charge in [0, 0.05) is 38.4 Å². The highest BCUT2D eigenvalue weighted by atomic mass is 32.1. The molecule has 11 heteroatoms. The highest BCUT2D eigenvalue weighted by Gasteiger charge is 2.20. The number of unbranched alkanes of at least 4 members (excludes halogenated alkanes) is 1. The van der Waals surface area contributed by atoms with Gasteiger partial charge in [0.15, 0.2) is 11.6 Å². The predicted molar refractivity (Wildman–Crippen MR) is 118 cm³/mol. The van der Waals surface area contributed by atoms with Gasteiger partial charge in [-0.25, -0.2) is 25.4 Å². The van der Waals surface area contributed by atoms with Gasteiger partial charge in [-0.15, -0.1) is 11.3 Å². The molecule has 1 aliphatic rings. The molecule has 1 saturated heterocycles. The number of hydrogen-bond donors (Lipinski definition) is 3. The minimum absolute atomic E-state index is 0.305. The van der Waals surface area contributed by atoms with Crippen LogP contribution in [0.15, 0.2) is 18.5 Å². The van der Waals surface area contributed by atoms with E-state index in [0.717, 1.165) is 52.7 Å². The van der Waals surface area contributed by atoms with Crippen molar-refractivity contribution in [1.29, 1.82) is 0 Å². The normalized spacial score (nSPS) is 14.1. The van der Waals surface area contributed by atoms with Crippen LogP contribution in [0.4, 0.5) is 10.8 Å². The first-order valence-electron chi connectivity index (χ1n) is 10.2. The molecule has 0 spiro atoms. The topological polar surface area (TPSA) is 125 Å². The molecule has 1 fully saturated rings. The maximum atomic E-state index is 11.1. The third kappa shape index (κ3) is 5.24. The molecule has 0 aromatic carbocycles. The molecule has 3 N–H and O–H groups in total. The molecule has 31 heavy (non-hydrogen) atoms. The van der Waals surface area contributed by atoms with Gasteiger partial charge in [0.1, 0.15) is 5.82 Å². The van der Waals surface area contributed by atoms with Gasteiger partial charge in [-0.2, -0.15) is 0 Å². The highest BCUT2D eigenvalue weighted by Crippen LogP contribution is 2.36. The van der Waals surface area contributed by atoms with Gasteiger partial charge in [0.05, 0.1) is 34.0 Å². The molecular weight excluding hydrogens is 418 g/mol. The van der Waals surface area contributed by atoms with Crippen molar-refractivity contribution in [2.75, 3.05) is 43.1 Å². The van der Waals surface area contributed by atoms with Crippen LogP contribution in [0.25, 0.3) is 21.6 Å². The maximum absolute atomic E-state index is 11.1. The highest BCUT2D eigenvalue weighted by molar-refractivity contribution is 7.23. The molecule has 0 bridgehead atoms. The first-order valence-corrected chi connectivity index (χ1v) is 11.1. The van der Waals surface area contributed by atoms with Crippen molar-refractivity contribution in [3.8, 4) is 11.4 Å². The number of aromatic nitrogens is 4. The van der Waals surface area contributed by atoms with E-state index in [1.54, 1.807) is 29.2 Å². The fourth-order valence-corrected chi connectivity index (χ4v) is 4.35. The van der Waals surface area contributed by atoms with Crippen LogP contribution in [-0.4, -0.2) is 63.9 Å². The van der Waals surface area contributed by atoms with Gasteiger partial charge in [-0.3, -0.25) is 10.0 Å². The van der Waals surface area contributed by atoms with Crippen LogP contribution >= 0.6 is 11.3 Å². The van der Waals surface area contributed by atoms with Crippen molar-refractivity contribution in [3.05, 3.63) is 24.3 Å². The summed E-state index contributed by atoms with van der Waals surface area (Å²) in [7, 11) is 0. The van der Waals surface area contributed by atoms with Crippen LogP contribution in [0.2, 0.25) is 0 Å². The van der Waals surface area contributed by atoms with Gasteiger partial charge in [-0.05, 0) is 25.8 Å². The van der Waals surface area contributed by atoms with Crippen molar-refractivity contribution < 1.29 is 14.7 Å². The molecule has 1 amide bonds. The van der Waals surface area contributed by atoms with Gasteiger partial charge in [-0.1, -0.05) is 0 Å². The van der Waals surface area contributed by atoms with Crippen molar-refractivity contribution in [2.24, 2.45) is 0 Å². The van der Waals surface area contributed by atoms with Crippen molar-refractivity contribution in [2.45, 2.75) is 26.2 Å². The number of rotatable bonds is 8. The van der Waals surface area contributed by atoms with E-state index in [0.29, 0.717) is 37.7 Å². The van der Waals surface area contributed by atoms with Crippen LogP contribution in [0.5, 0.6) is 0 Å². The number of hydroxylamine groups is 1. The average Bonchev–Trinajstić information content (AvgIpc) is 3.22. The molecule has 4 rings (SSSR count). The molecule has 0 atom stereocenters. The van der Waals surface area contributed by atoms with Gasteiger partial charge >= 0.3 is 0 Å². The lowest BCUT2D eigenvalue weighted by atomic mass is 10.2. The van der Waals surface area contributed by atoms with Crippen LogP contribution in [0, 0.1) is 6.92 Å². The Hall–Kier alpha value is -2.89. The Labute approximate surface area is 183 Å². The standard InChI is InChI=1S/C20H25N7O3S/c1-13-22-11-14(12-23-13)19-24-15-10-17(21-5-3-2-4-16(28)26-29)31-18(15)20(25-19)27-6-8-30-9-7-27/h10-12,21,29H,2-9H2,1H3,(H,26,28). The number of carbonyl (C=O) groups is 1. The summed E-state index contributed by atoms with van der Waals surface area (Å²) in [4.78, 5) is 31.5.